The molecule has 1 aromatic heterocycles. The number of rotatable bonds is 2. The first-order chi connectivity index (χ1) is 5.25. The minimum Gasteiger partial charge on any atom is -0.399 e. The monoisotopic (exact) mass is 205 g/mol. The van der Waals surface area contributed by atoms with Crippen LogP contribution in [0.2, 0.25) is 0 Å². The normalized spacial score (nSPS) is 10.7. The summed E-state index contributed by atoms with van der Waals surface area (Å²) in [5, 5.41) is 3.66. The number of oxime groups is 1. The van der Waals surface area contributed by atoms with Crippen molar-refractivity contribution in [2.75, 3.05) is 7.11 Å². The molecule has 1 rings (SSSR count). The Kier molecular flexibility index (Phi) is 3.16. The van der Waals surface area contributed by atoms with Crippen molar-refractivity contribution in [2.45, 2.75) is 6.92 Å². The fourth-order valence-corrected chi connectivity index (χ4v) is 3.16. The van der Waals surface area contributed by atoms with E-state index in [0.29, 0.717) is 0 Å². The van der Waals surface area contributed by atoms with Gasteiger partial charge >= 0.3 is 0 Å². The van der Waals surface area contributed by atoms with Crippen LogP contribution in [0.5, 0.6) is 0 Å². The Balaban J connectivity index is 2.96. The van der Waals surface area contributed by atoms with Gasteiger partial charge in [-0.15, -0.1) is 0 Å². The van der Waals surface area contributed by atoms with Gasteiger partial charge in [-0.05, 0) is 12.5 Å². The van der Waals surface area contributed by atoms with E-state index in [9.17, 15) is 0 Å². The first kappa shape index (κ1) is 8.83. The Morgan fingerprint density at radius 1 is 1.55 bits per heavy atom. The van der Waals surface area contributed by atoms with Crippen LogP contribution in [0.3, 0.4) is 0 Å². The van der Waals surface area contributed by atoms with Crippen LogP contribution in [-0.4, -0.2) is 13.3 Å². The van der Waals surface area contributed by atoms with Gasteiger partial charge in [0, 0.05) is 0 Å². The predicted molar refractivity (Wildman–Crippen MR) is 52.4 cm³/mol. The molecular weight excluding hydrogens is 198 g/mol. The molecule has 2 nitrogen and oxygen atoms in total. The zero-order valence-corrected chi connectivity index (χ0v) is 8.61. The standard InChI is InChI=1S/C6H7NOS3/c1-4-5(3-7-8-2)10-11-6(4)9/h3H,1-2H3/b7-3+. The lowest BCUT2D eigenvalue weighted by molar-refractivity contribution is 0.215. The first-order valence-electron chi connectivity index (χ1n) is 2.92. The van der Waals surface area contributed by atoms with E-state index in [0.717, 1.165) is 14.3 Å². The van der Waals surface area contributed by atoms with Gasteiger partial charge in [0.15, 0.2) is 0 Å². The van der Waals surface area contributed by atoms with Crippen LogP contribution in [0.1, 0.15) is 10.4 Å². The second-order valence-corrected chi connectivity index (χ2v) is 4.71. The van der Waals surface area contributed by atoms with Crippen LogP contribution in [0.25, 0.3) is 0 Å². The summed E-state index contributed by atoms with van der Waals surface area (Å²) in [4.78, 5) is 5.64. The molecule has 0 aliphatic carbocycles. The molecule has 0 fully saturated rings. The highest BCUT2D eigenvalue weighted by molar-refractivity contribution is 7.79. The van der Waals surface area contributed by atoms with Crippen molar-refractivity contribution >= 4 is 39.1 Å². The average Bonchev–Trinajstić information content (AvgIpc) is 2.31. The summed E-state index contributed by atoms with van der Waals surface area (Å²) in [6.07, 6.45) is 1.69. The summed E-state index contributed by atoms with van der Waals surface area (Å²) in [5.74, 6) is 0. The van der Waals surface area contributed by atoms with Gasteiger partial charge in [0.05, 0.1) is 11.1 Å². The zero-order valence-electron chi connectivity index (χ0n) is 6.16. The molecule has 0 amide bonds. The first-order valence-corrected chi connectivity index (χ1v) is 5.47. The van der Waals surface area contributed by atoms with E-state index < -0.39 is 0 Å². The zero-order chi connectivity index (χ0) is 8.27. The van der Waals surface area contributed by atoms with E-state index in [1.807, 2.05) is 6.92 Å². The Morgan fingerprint density at radius 3 is 2.73 bits per heavy atom. The molecule has 0 aliphatic heterocycles. The summed E-state index contributed by atoms with van der Waals surface area (Å²) in [7, 11) is 4.74. The molecule has 0 atom stereocenters. The van der Waals surface area contributed by atoms with Crippen LogP contribution >= 0.6 is 32.9 Å². The van der Waals surface area contributed by atoms with Gasteiger partial charge in [-0.2, -0.15) is 0 Å². The number of hydrogen-bond acceptors (Lipinski definition) is 5. The molecule has 0 N–H and O–H groups in total. The van der Waals surface area contributed by atoms with E-state index in [1.165, 1.54) is 7.11 Å². The van der Waals surface area contributed by atoms with Crippen molar-refractivity contribution in [3.63, 3.8) is 0 Å². The highest BCUT2D eigenvalue weighted by atomic mass is 32.9. The topological polar surface area (TPSA) is 21.6 Å². The second kappa shape index (κ2) is 3.94. The van der Waals surface area contributed by atoms with Gasteiger partial charge in [-0.3, -0.25) is 0 Å². The highest BCUT2D eigenvalue weighted by Gasteiger charge is 1.99. The average molecular weight is 205 g/mol. The highest BCUT2D eigenvalue weighted by Crippen LogP contribution is 2.21. The second-order valence-electron chi connectivity index (χ2n) is 1.86. The van der Waals surface area contributed by atoms with Crippen molar-refractivity contribution in [1.29, 1.82) is 0 Å². The van der Waals surface area contributed by atoms with E-state index in [4.69, 9.17) is 12.2 Å². The number of nitrogens with zero attached hydrogens (tertiary/aromatic N) is 1. The predicted octanol–water partition coefficient (Wildman–Crippen LogP) is 2.83. The maximum Gasteiger partial charge on any atom is 0.106 e. The van der Waals surface area contributed by atoms with Crippen molar-refractivity contribution in [3.8, 4) is 0 Å². The Morgan fingerprint density at radius 2 is 2.27 bits per heavy atom. The van der Waals surface area contributed by atoms with Crippen LogP contribution in [0, 0.1) is 10.7 Å². The van der Waals surface area contributed by atoms with E-state index in [-0.39, 0.29) is 0 Å². The molecule has 0 aromatic carbocycles. The third-order valence-corrected chi connectivity index (χ3v) is 4.45. The lowest BCUT2D eigenvalue weighted by atomic mass is 10.3. The summed E-state index contributed by atoms with van der Waals surface area (Å²) in [5.41, 5.74) is 1.12. The molecule has 0 bridgehead atoms. The van der Waals surface area contributed by atoms with Gasteiger partial charge in [-0.25, -0.2) is 0 Å². The molecule has 0 saturated heterocycles. The molecule has 11 heavy (non-hydrogen) atoms. The maximum absolute atomic E-state index is 5.05. The van der Waals surface area contributed by atoms with Crippen molar-refractivity contribution in [1.82, 2.24) is 0 Å². The van der Waals surface area contributed by atoms with Crippen LogP contribution in [0.4, 0.5) is 0 Å². The van der Waals surface area contributed by atoms with Gasteiger partial charge < -0.3 is 4.84 Å². The van der Waals surface area contributed by atoms with Crippen molar-refractivity contribution in [3.05, 3.63) is 14.3 Å². The van der Waals surface area contributed by atoms with Gasteiger partial charge in [-0.1, -0.05) is 38.1 Å². The van der Waals surface area contributed by atoms with Crippen LogP contribution < -0.4 is 0 Å². The Labute approximate surface area is 77.5 Å². The Hall–Kier alpha value is -0.260. The smallest absolute Gasteiger partial charge is 0.106 e. The molecule has 0 unspecified atom stereocenters. The van der Waals surface area contributed by atoms with Crippen LogP contribution in [0.15, 0.2) is 5.16 Å². The third kappa shape index (κ3) is 2.08. The summed E-state index contributed by atoms with van der Waals surface area (Å²) >= 11 is 5.05. The summed E-state index contributed by atoms with van der Waals surface area (Å²) < 4.78 is 0.938. The molecule has 0 aliphatic rings. The SMILES string of the molecule is CO/N=C/c1ssc(=S)c1C. The summed E-state index contributed by atoms with van der Waals surface area (Å²) in [6.45, 7) is 1.99. The van der Waals surface area contributed by atoms with Gasteiger partial charge in [0.25, 0.3) is 0 Å². The molecule has 0 spiro atoms. The fourth-order valence-electron chi connectivity index (χ4n) is 0.527. The third-order valence-electron chi connectivity index (χ3n) is 1.16. The molecular formula is C6H7NOS3. The Bertz CT molecular complexity index is 312. The van der Waals surface area contributed by atoms with Crippen molar-refractivity contribution < 1.29 is 4.84 Å². The summed E-state index contributed by atoms with van der Waals surface area (Å²) in [6, 6.07) is 0. The fraction of sp³-hybridized carbons (Fsp3) is 0.333. The van der Waals surface area contributed by atoms with Gasteiger partial charge in [0.2, 0.25) is 0 Å². The molecule has 5 heteroatoms. The lowest BCUT2D eigenvalue weighted by Crippen LogP contribution is -1.79. The largest absolute Gasteiger partial charge is 0.399 e. The van der Waals surface area contributed by atoms with Crippen molar-refractivity contribution in [2.24, 2.45) is 5.16 Å². The lowest BCUT2D eigenvalue weighted by Gasteiger charge is -1.85. The maximum atomic E-state index is 5.05. The van der Waals surface area contributed by atoms with Crippen LogP contribution in [-0.2, 0) is 4.84 Å². The quantitative estimate of drug-likeness (QED) is 0.320. The van der Waals surface area contributed by atoms with E-state index in [1.54, 1.807) is 26.9 Å². The minimum absolute atomic E-state index is 0.938. The van der Waals surface area contributed by atoms with Gasteiger partial charge in [0.1, 0.15) is 10.9 Å². The molecule has 60 valence electrons. The molecule has 1 aromatic rings. The molecule has 1 heterocycles. The minimum atomic E-state index is 0.938. The molecule has 0 saturated carbocycles. The van der Waals surface area contributed by atoms with E-state index in [2.05, 4.69) is 9.99 Å². The number of hydrogen-bond donors (Lipinski definition) is 0. The van der Waals surface area contributed by atoms with E-state index >= 15 is 0 Å². The molecule has 0 radical (unpaired) electrons.